The first-order valence-electron chi connectivity index (χ1n) is 13.6. The summed E-state index contributed by atoms with van der Waals surface area (Å²) < 4.78 is 25.5. The second-order valence-corrected chi connectivity index (χ2v) is 16.4. The van der Waals surface area contributed by atoms with Crippen LogP contribution in [0.1, 0.15) is 73.5 Å². The number of carbonyl (C=O) groups excluding carboxylic acids is 4. The van der Waals surface area contributed by atoms with E-state index < -0.39 is 38.7 Å². The van der Waals surface area contributed by atoms with Gasteiger partial charge in [-0.25, -0.2) is 15.0 Å². The Labute approximate surface area is 241 Å². The zero-order valence-electron chi connectivity index (χ0n) is 25.3. The van der Waals surface area contributed by atoms with Gasteiger partial charge in [0, 0.05) is 12.8 Å². The van der Waals surface area contributed by atoms with Gasteiger partial charge in [0.05, 0.1) is 25.8 Å². The van der Waals surface area contributed by atoms with Crippen LogP contribution in [0.2, 0.25) is 18.1 Å². The van der Waals surface area contributed by atoms with Crippen molar-refractivity contribution in [1.82, 2.24) is 19.5 Å². The van der Waals surface area contributed by atoms with E-state index in [0.29, 0.717) is 11.2 Å². The number of rotatable bonds is 16. The third-order valence-electron chi connectivity index (χ3n) is 7.03. The van der Waals surface area contributed by atoms with Crippen molar-refractivity contribution >= 4 is 48.8 Å². The Bertz CT molecular complexity index is 1230. The number of nitrogen functional groups attached to an aromatic ring is 1. The number of ether oxygens (including phenoxy) is 3. The number of aromatic nitrogens is 4. The largest absolute Gasteiger partial charge is 0.461 e. The Balaban J connectivity index is 2.38. The van der Waals surface area contributed by atoms with Gasteiger partial charge in [0.25, 0.3) is 0 Å². The maximum Gasteiger partial charge on any atom is 0.306 e. The van der Waals surface area contributed by atoms with Gasteiger partial charge in [0.2, 0.25) is 0 Å². The van der Waals surface area contributed by atoms with Crippen LogP contribution < -0.4 is 5.73 Å². The first kappa shape index (κ1) is 34.0. The molecule has 3 atom stereocenters. The SMILES string of the molecule is CC(=O)CCC(=O)OC[C@@H](O[C@H](CO[Si](C)(C)C(C)(C)C)[C@@H](C)OC(=O)CCC(C)=O)n1cnc2c(N)ncnc21. The maximum atomic E-state index is 12.5. The summed E-state index contributed by atoms with van der Waals surface area (Å²) in [5, 5.41) is -0.0976. The van der Waals surface area contributed by atoms with Crippen LogP contribution in [0, 0.1) is 0 Å². The van der Waals surface area contributed by atoms with Crippen molar-refractivity contribution in [2.45, 2.75) is 104 Å². The van der Waals surface area contributed by atoms with Crippen LogP contribution in [-0.2, 0) is 37.8 Å². The van der Waals surface area contributed by atoms with Gasteiger partial charge in [-0.2, -0.15) is 0 Å². The first-order chi connectivity index (χ1) is 19.0. The molecule has 0 radical (unpaired) electrons. The minimum absolute atomic E-state index is 0.0539. The molecule has 0 aliphatic rings. The van der Waals surface area contributed by atoms with Crippen molar-refractivity contribution in [3.63, 3.8) is 0 Å². The summed E-state index contributed by atoms with van der Waals surface area (Å²) in [5.41, 5.74) is 6.65. The quantitative estimate of drug-likeness (QED) is 0.222. The van der Waals surface area contributed by atoms with Gasteiger partial charge >= 0.3 is 11.9 Å². The molecular weight excluding hydrogens is 550 g/mol. The summed E-state index contributed by atoms with van der Waals surface area (Å²) in [4.78, 5) is 60.1. The number of fused-ring (bicyclic) bond motifs is 1. The number of esters is 2. The van der Waals surface area contributed by atoms with Crippen LogP contribution in [0.4, 0.5) is 5.82 Å². The number of nitrogens with zero attached hydrogens (tertiary/aromatic N) is 4. The molecule has 0 aromatic carbocycles. The smallest absolute Gasteiger partial charge is 0.306 e. The van der Waals surface area contributed by atoms with Gasteiger partial charge in [0.15, 0.2) is 26.0 Å². The second-order valence-electron chi connectivity index (χ2n) is 11.6. The van der Waals surface area contributed by atoms with Crippen LogP contribution in [0.3, 0.4) is 0 Å². The highest BCUT2D eigenvalue weighted by Crippen LogP contribution is 2.37. The average molecular weight is 594 g/mol. The fourth-order valence-electron chi connectivity index (χ4n) is 3.39. The lowest BCUT2D eigenvalue weighted by atomic mass is 10.2. The zero-order valence-corrected chi connectivity index (χ0v) is 26.3. The van der Waals surface area contributed by atoms with E-state index in [1.165, 1.54) is 26.5 Å². The lowest BCUT2D eigenvalue weighted by Gasteiger charge is -2.38. The fraction of sp³-hybridized carbons (Fsp3) is 0.667. The Morgan fingerprint density at radius 3 is 2.15 bits per heavy atom. The second kappa shape index (κ2) is 14.6. The summed E-state index contributed by atoms with van der Waals surface area (Å²) in [6, 6.07) is 0. The Hall–Kier alpha value is -3.23. The molecule has 0 amide bonds. The molecule has 2 rings (SSSR count). The van der Waals surface area contributed by atoms with Crippen LogP contribution >= 0.6 is 0 Å². The van der Waals surface area contributed by atoms with E-state index in [0.717, 1.165) is 0 Å². The highest BCUT2D eigenvalue weighted by molar-refractivity contribution is 6.74. The van der Waals surface area contributed by atoms with E-state index in [1.807, 2.05) is 0 Å². The molecule has 228 valence electrons. The molecule has 0 fully saturated rings. The molecule has 0 unspecified atom stereocenters. The number of anilines is 1. The molecule has 2 heterocycles. The van der Waals surface area contributed by atoms with Crippen molar-refractivity contribution < 1.29 is 37.8 Å². The topological polar surface area (TPSA) is 175 Å². The van der Waals surface area contributed by atoms with Crippen molar-refractivity contribution in [2.75, 3.05) is 18.9 Å². The normalized spacial score (nSPS) is 14.3. The monoisotopic (exact) mass is 593 g/mol. The van der Waals surface area contributed by atoms with Crippen LogP contribution in [0.25, 0.3) is 11.2 Å². The number of ketones is 2. The van der Waals surface area contributed by atoms with Gasteiger partial charge in [-0.15, -0.1) is 0 Å². The average Bonchev–Trinajstić information content (AvgIpc) is 3.30. The van der Waals surface area contributed by atoms with E-state index in [9.17, 15) is 19.2 Å². The zero-order chi connectivity index (χ0) is 31.0. The standard InChI is InChI=1S/C27H43N5O8Si/c1-17(33)9-11-22(35)37-14-21(32-16-31-24-25(28)29-15-30-26(24)32)40-20(13-38-41(7,8)27(4,5)6)19(3)39-23(36)12-10-18(2)34/h15-16,19-21H,9-14H2,1-8H3,(H2,28,29,30)/t19-,20-,21-/m1/s1. The van der Waals surface area contributed by atoms with Crippen LogP contribution in [0.15, 0.2) is 12.7 Å². The van der Waals surface area contributed by atoms with Gasteiger partial charge < -0.3 is 34.0 Å². The Kier molecular flexibility index (Phi) is 12.1. The van der Waals surface area contributed by atoms with E-state index >= 15 is 0 Å². The molecule has 41 heavy (non-hydrogen) atoms. The molecule has 0 saturated heterocycles. The van der Waals surface area contributed by atoms with Gasteiger partial charge in [-0.1, -0.05) is 20.8 Å². The molecular formula is C27H43N5O8Si. The van der Waals surface area contributed by atoms with Crippen molar-refractivity contribution in [3.05, 3.63) is 12.7 Å². The fourth-order valence-corrected chi connectivity index (χ4v) is 4.41. The summed E-state index contributed by atoms with van der Waals surface area (Å²) >= 11 is 0. The Morgan fingerprint density at radius 1 is 0.951 bits per heavy atom. The highest BCUT2D eigenvalue weighted by atomic mass is 28.4. The molecule has 2 N–H and O–H groups in total. The first-order valence-corrected chi connectivity index (χ1v) is 16.5. The predicted molar refractivity (Wildman–Crippen MR) is 153 cm³/mol. The van der Waals surface area contributed by atoms with Gasteiger partial charge in [0.1, 0.15) is 42.2 Å². The van der Waals surface area contributed by atoms with Gasteiger partial charge in [-0.3, -0.25) is 14.2 Å². The number of carbonyl (C=O) groups is 4. The molecule has 0 bridgehead atoms. The number of hydrogen-bond donors (Lipinski definition) is 1. The lowest BCUT2D eigenvalue weighted by molar-refractivity contribution is -0.175. The maximum absolute atomic E-state index is 12.5. The third-order valence-corrected chi connectivity index (χ3v) is 11.5. The van der Waals surface area contributed by atoms with Crippen molar-refractivity contribution in [1.29, 1.82) is 0 Å². The highest BCUT2D eigenvalue weighted by Gasteiger charge is 2.39. The minimum Gasteiger partial charge on any atom is -0.461 e. The molecule has 0 aliphatic carbocycles. The number of imidazole rings is 1. The number of Topliss-reactive ketones (excluding diaryl/α,β-unsaturated/α-hetero) is 2. The molecule has 14 heteroatoms. The van der Waals surface area contributed by atoms with Crippen LogP contribution in [-0.4, -0.2) is 76.8 Å². The molecule has 0 spiro atoms. The molecule has 13 nitrogen and oxygen atoms in total. The van der Waals surface area contributed by atoms with Crippen LogP contribution in [0.5, 0.6) is 0 Å². The van der Waals surface area contributed by atoms with E-state index in [2.05, 4.69) is 48.8 Å². The van der Waals surface area contributed by atoms with Gasteiger partial charge in [-0.05, 0) is 38.9 Å². The number of hydrogen-bond acceptors (Lipinski definition) is 12. The Morgan fingerprint density at radius 2 is 1.56 bits per heavy atom. The molecule has 2 aromatic heterocycles. The molecule has 0 saturated carbocycles. The summed E-state index contributed by atoms with van der Waals surface area (Å²) in [6.45, 7) is 14.8. The summed E-state index contributed by atoms with van der Waals surface area (Å²) in [5.74, 6) is -1.22. The van der Waals surface area contributed by atoms with Crippen molar-refractivity contribution in [3.8, 4) is 0 Å². The summed E-state index contributed by atoms with van der Waals surface area (Å²) in [7, 11) is -2.25. The predicted octanol–water partition coefficient (Wildman–Crippen LogP) is 3.53. The van der Waals surface area contributed by atoms with E-state index in [4.69, 9.17) is 24.4 Å². The lowest BCUT2D eigenvalue weighted by Crippen LogP contribution is -2.46. The molecule has 2 aromatic rings. The third kappa shape index (κ3) is 10.3. The number of nitrogens with two attached hydrogens (primary N) is 1. The summed E-state index contributed by atoms with van der Waals surface area (Å²) in [6.07, 6.45) is 0.146. The minimum atomic E-state index is -2.25. The van der Waals surface area contributed by atoms with E-state index in [-0.39, 0.29) is 61.3 Å². The van der Waals surface area contributed by atoms with E-state index in [1.54, 1.807) is 11.5 Å². The van der Waals surface area contributed by atoms with Crippen molar-refractivity contribution in [2.24, 2.45) is 0 Å². The molecule has 0 aliphatic heterocycles.